The first kappa shape index (κ1) is 16.7. The van der Waals surface area contributed by atoms with E-state index >= 15 is 0 Å². The first-order valence-corrected chi connectivity index (χ1v) is 7.80. The van der Waals surface area contributed by atoms with E-state index in [1.165, 1.54) is 7.05 Å². The molecule has 1 aromatic rings. The Balaban J connectivity index is 0.000000312. The normalized spacial score (nSPS) is 19.2. The molecule has 0 bridgehead atoms. The Hall–Kier alpha value is -0.310. The topological polar surface area (TPSA) is 84.4 Å². The van der Waals surface area contributed by atoms with Crippen LogP contribution in [0.1, 0.15) is 18.4 Å². The summed E-state index contributed by atoms with van der Waals surface area (Å²) in [6, 6.07) is 7.95. The van der Waals surface area contributed by atoms with Crippen LogP contribution in [0.5, 0.6) is 0 Å². The van der Waals surface area contributed by atoms with Gasteiger partial charge in [-0.3, -0.25) is 8.93 Å². The molecule has 1 unspecified atom stereocenters. The summed E-state index contributed by atoms with van der Waals surface area (Å²) in [6.45, 7) is 1.79. The number of nitrogens with one attached hydrogen (secondary N) is 2. The lowest BCUT2D eigenvalue weighted by molar-refractivity contribution is 0.00593. The van der Waals surface area contributed by atoms with Crippen LogP contribution >= 0.6 is 15.9 Å². The van der Waals surface area contributed by atoms with Gasteiger partial charge in [-0.05, 0) is 50.7 Å². The summed E-state index contributed by atoms with van der Waals surface area (Å²) in [5.41, 5.74) is 0.411. The van der Waals surface area contributed by atoms with Gasteiger partial charge in [0.25, 0.3) is 0 Å². The third-order valence-electron chi connectivity index (χ3n) is 2.98. The predicted octanol–water partition coefficient (Wildman–Crippen LogP) is 1.02. The number of rotatable bonds is 2. The molecule has 19 heavy (non-hydrogen) atoms. The maximum atomic E-state index is 10.4. The molecule has 0 saturated carbocycles. The van der Waals surface area contributed by atoms with Crippen molar-refractivity contribution in [3.63, 3.8) is 0 Å². The van der Waals surface area contributed by atoms with Crippen molar-refractivity contribution in [2.45, 2.75) is 18.4 Å². The van der Waals surface area contributed by atoms with E-state index in [0.29, 0.717) is 0 Å². The van der Waals surface area contributed by atoms with Gasteiger partial charge in [-0.1, -0.05) is 28.1 Å². The second-order valence-corrected chi connectivity index (χ2v) is 6.02. The van der Waals surface area contributed by atoms with E-state index in [1.807, 2.05) is 29.0 Å². The minimum atomic E-state index is -2.07. The molecule has 108 valence electrons. The van der Waals surface area contributed by atoms with Crippen molar-refractivity contribution in [2.24, 2.45) is 0 Å². The van der Waals surface area contributed by atoms with Gasteiger partial charge < -0.3 is 15.0 Å². The minimum Gasteiger partial charge on any atom is -0.760 e. The van der Waals surface area contributed by atoms with Crippen LogP contribution in [0.2, 0.25) is 0 Å². The highest BCUT2D eigenvalue weighted by Gasteiger charge is 2.30. The van der Waals surface area contributed by atoms with Crippen LogP contribution in [0.15, 0.2) is 28.7 Å². The summed E-state index contributed by atoms with van der Waals surface area (Å²) in [4.78, 5) is 0. The number of aliphatic hydroxyl groups is 1. The van der Waals surface area contributed by atoms with Gasteiger partial charge in [-0.25, -0.2) is 0 Å². The monoisotopic (exact) mass is 349 g/mol. The zero-order valence-corrected chi connectivity index (χ0v) is 13.1. The van der Waals surface area contributed by atoms with Crippen LogP contribution in [0, 0.1) is 0 Å². The molecule has 1 atom stereocenters. The Morgan fingerprint density at radius 3 is 2.26 bits per heavy atom. The molecule has 1 heterocycles. The molecule has 0 aliphatic carbocycles. The van der Waals surface area contributed by atoms with Gasteiger partial charge in [0.05, 0.1) is 5.60 Å². The van der Waals surface area contributed by atoms with Crippen molar-refractivity contribution in [3.8, 4) is 0 Å². The molecule has 5 nitrogen and oxygen atoms in total. The van der Waals surface area contributed by atoms with E-state index in [9.17, 15) is 13.9 Å². The number of benzene rings is 1. The van der Waals surface area contributed by atoms with Gasteiger partial charge in [0.2, 0.25) is 0 Å². The summed E-state index contributed by atoms with van der Waals surface area (Å²) >= 11 is 1.32. The van der Waals surface area contributed by atoms with E-state index in [4.69, 9.17) is 0 Å². The lowest BCUT2D eigenvalue weighted by Gasteiger charge is -2.33. The third-order valence-corrected chi connectivity index (χ3v) is 3.84. The second kappa shape index (κ2) is 8.08. The van der Waals surface area contributed by atoms with E-state index in [-0.39, 0.29) is 0 Å². The molecule has 0 aromatic heterocycles. The van der Waals surface area contributed by atoms with Gasteiger partial charge in [0.1, 0.15) is 0 Å². The fourth-order valence-corrected chi connectivity index (χ4v) is 2.15. The lowest BCUT2D eigenvalue weighted by Crippen LogP contribution is -2.39. The standard InChI is InChI=1S/C11H14BrNO.CH5NO2S/c12-10-3-1-9(2-4-10)11(14)5-7-13-8-6-11;1-2-5(3)4/h1-4,13-14H,5-8H2;2H,1H3,(H,3,4)/p-1. The molecule has 1 aromatic carbocycles. The number of hydrogen-bond donors (Lipinski definition) is 3. The fourth-order valence-electron chi connectivity index (χ4n) is 1.89. The molecular formula is C12H18BrN2O3S-. The summed E-state index contributed by atoms with van der Waals surface area (Å²) < 4.78 is 21.5. The number of piperidine rings is 1. The summed E-state index contributed by atoms with van der Waals surface area (Å²) in [6.07, 6.45) is 1.60. The number of hydrogen-bond acceptors (Lipinski definition) is 4. The smallest absolute Gasteiger partial charge is 0.0920 e. The van der Waals surface area contributed by atoms with Crippen molar-refractivity contribution >= 4 is 27.2 Å². The first-order chi connectivity index (χ1) is 8.98. The first-order valence-electron chi connectivity index (χ1n) is 5.94. The molecular weight excluding hydrogens is 332 g/mol. The maximum absolute atomic E-state index is 10.4. The summed E-state index contributed by atoms with van der Waals surface area (Å²) in [7, 11) is 1.34. The Bertz CT molecular complexity index is 408. The largest absolute Gasteiger partial charge is 0.760 e. The predicted molar refractivity (Wildman–Crippen MR) is 78.1 cm³/mol. The van der Waals surface area contributed by atoms with Gasteiger partial charge in [0, 0.05) is 15.7 Å². The lowest BCUT2D eigenvalue weighted by atomic mass is 9.85. The molecule has 1 saturated heterocycles. The van der Waals surface area contributed by atoms with Crippen LogP contribution in [0.25, 0.3) is 0 Å². The van der Waals surface area contributed by atoms with Crippen LogP contribution in [0.4, 0.5) is 0 Å². The molecule has 1 aliphatic rings. The van der Waals surface area contributed by atoms with Gasteiger partial charge >= 0.3 is 0 Å². The summed E-state index contributed by atoms with van der Waals surface area (Å²) in [5, 5.41) is 13.6. The molecule has 7 heteroatoms. The van der Waals surface area contributed by atoms with E-state index in [1.54, 1.807) is 0 Å². The molecule has 3 N–H and O–H groups in total. The van der Waals surface area contributed by atoms with Crippen LogP contribution in [0.3, 0.4) is 0 Å². The minimum absolute atomic E-state index is 0.619. The average molecular weight is 350 g/mol. The molecule has 2 rings (SSSR count). The van der Waals surface area contributed by atoms with Gasteiger partial charge in [-0.2, -0.15) is 0 Å². The van der Waals surface area contributed by atoms with E-state index in [0.717, 1.165) is 36.0 Å². The molecule has 0 amide bonds. The van der Waals surface area contributed by atoms with Crippen LogP contribution in [-0.4, -0.2) is 34.0 Å². The highest BCUT2D eigenvalue weighted by atomic mass is 79.9. The van der Waals surface area contributed by atoms with Crippen molar-refractivity contribution in [3.05, 3.63) is 34.3 Å². The summed E-state index contributed by atoms with van der Waals surface area (Å²) in [5.74, 6) is 0. The average Bonchev–Trinajstić information content (AvgIpc) is 2.41. The Labute approximate surface area is 124 Å². The number of halogens is 1. The molecule has 0 radical (unpaired) electrons. The Morgan fingerprint density at radius 2 is 1.84 bits per heavy atom. The van der Waals surface area contributed by atoms with Gasteiger partial charge in [0.15, 0.2) is 0 Å². The third kappa shape index (κ3) is 5.68. The highest BCUT2D eigenvalue weighted by molar-refractivity contribution is 9.10. The zero-order chi connectivity index (χ0) is 14.3. The maximum Gasteiger partial charge on any atom is 0.0920 e. The molecule has 1 fully saturated rings. The van der Waals surface area contributed by atoms with Crippen molar-refractivity contribution in [1.82, 2.24) is 10.0 Å². The Morgan fingerprint density at radius 1 is 1.37 bits per heavy atom. The fraction of sp³-hybridized carbons (Fsp3) is 0.500. The highest BCUT2D eigenvalue weighted by Crippen LogP contribution is 2.30. The van der Waals surface area contributed by atoms with Crippen LogP contribution in [-0.2, 0) is 16.9 Å². The van der Waals surface area contributed by atoms with E-state index in [2.05, 4.69) is 21.2 Å². The molecule has 1 aliphatic heterocycles. The van der Waals surface area contributed by atoms with Crippen molar-refractivity contribution in [2.75, 3.05) is 20.1 Å². The molecule has 0 spiro atoms. The SMILES string of the molecule is CNS(=O)[O-].OC1(c2ccc(Br)cc2)CCNCC1. The van der Waals surface area contributed by atoms with Crippen molar-refractivity contribution in [1.29, 1.82) is 0 Å². The van der Waals surface area contributed by atoms with Crippen LogP contribution < -0.4 is 10.0 Å². The van der Waals surface area contributed by atoms with Crippen molar-refractivity contribution < 1.29 is 13.9 Å². The quantitative estimate of drug-likeness (QED) is 0.696. The second-order valence-electron chi connectivity index (χ2n) is 4.23. The zero-order valence-electron chi connectivity index (χ0n) is 10.7. The van der Waals surface area contributed by atoms with E-state index < -0.39 is 16.9 Å². The Kier molecular flexibility index (Phi) is 7.12. The van der Waals surface area contributed by atoms with Gasteiger partial charge in [-0.15, -0.1) is 0 Å².